The van der Waals surface area contributed by atoms with Crippen LogP contribution >= 0.6 is 0 Å². The Bertz CT molecular complexity index is 545. The Labute approximate surface area is 139 Å². The van der Waals surface area contributed by atoms with E-state index in [-0.39, 0.29) is 11.9 Å². The summed E-state index contributed by atoms with van der Waals surface area (Å²) in [5, 5.41) is 0. The first kappa shape index (κ1) is 17.6. The van der Waals surface area contributed by atoms with Gasteiger partial charge in [-0.15, -0.1) is 0 Å². The Balaban J connectivity index is 2.41. The number of hydrogen-bond acceptors (Lipinski definition) is 4. The first-order chi connectivity index (χ1) is 11.0. The molecule has 0 radical (unpaired) electrons. The van der Waals surface area contributed by atoms with Gasteiger partial charge in [0.25, 0.3) is 0 Å². The third kappa shape index (κ3) is 3.61. The van der Waals surface area contributed by atoms with Crippen LogP contribution in [0.3, 0.4) is 0 Å². The van der Waals surface area contributed by atoms with Crippen molar-refractivity contribution in [3.8, 4) is 11.5 Å². The molecule has 0 saturated heterocycles. The number of anilines is 1. The summed E-state index contributed by atoms with van der Waals surface area (Å²) in [4.78, 5) is 16.8. The van der Waals surface area contributed by atoms with Crippen LogP contribution < -0.4 is 14.4 Å². The summed E-state index contributed by atoms with van der Waals surface area (Å²) >= 11 is 0. The Morgan fingerprint density at radius 3 is 2.35 bits per heavy atom. The third-order valence-corrected chi connectivity index (χ3v) is 4.66. The molecular formula is C18H28N2O3. The van der Waals surface area contributed by atoms with Crippen LogP contribution in [0.2, 0.25) is 0 Å². The van der Waals surface area contributed by atoms with Crippen LogP contribution in [0.4, 0.5) is 5.69 Å². The summed E-state index contributed by atoms with van der Waals surface area (Å²) in [6.45, 7) is 1.91. The number of carbonyl (C=O) groups is 1. The van der Waals surface area contributed by atoms with Crippen molar-refractivity contribution in [3.05, 3.63) is 18.2 Å². The molecule has 1 aliphatic rings. The van der Waals surface area contributed by atoms with Crippen molar-refractivity contribution in [1.29, 1.82) is 0 Å². The quantitative estimate of drug-likeness (QED) is 0.808. The second-order valence-corrected chi connectivity index (χ2v) is 6.19. The zero-order valence-corrected chi connectivity index (χ0v) is 14.8. The molecule has 0 bridgehead atoms. The van der Waals surface area contributed by atoms with E-state index in [9.17, 15) is 4.79 Å². The Kier molecular flexibility index (Phi) is 5.88. The first-order valence-corrected chi connectivity index (χ1v) is 8.24. The molecule has 1 saturated carbocycles. The molecule has 0 N–H and O–H groups in total. The predicted octanol–water partition coefficient (Wildman–Crippen LogP) is 2.93. The van der Waals surface area contributed by atoms with Crippen molar-refractivity contribution in [2.24, 2.45) is 0 Å². The van der Waals surface area contributed by atoms with Crippen LogP contribution in [0.15, 0.2) is 18.2 Å². The molecule has 1 fully saturated rings. The molecule has 2 unspecified atom stereocenters. The van der Waals surface area contributed by atoms with Crippen molar-refractivity contribution >= 4 is 11.6 Å². The molecule has 1 aliphatic carbocycles. The van der Waals surface area contributed by atoms with E-state index in [1.807, 2.05) is 30.0 Å². The van der Waals surface area contributed by atoms with Crippen LogP contribution in [0, 0.1) is 0 Å². The molecule has 0 aromatic heterocycles. The maximum absolute atomic E-state index is 12.7. The second-order valence-electron chi connectivity index (χ2n) is 6.19. The van der Waals surface area contributed by atoms with Crippen LogP contribution in [0.5, 0.6) is 11.5 Å². The van der Waals surface area contributed by atoms with Gasteiger partial charge < -0.3 is 19.3 Å². The Morgan fingerprint density at radius 2 is 1.78 bits per heavy atom. The van der Waals surface area contributed by atoms with Gasteiger partial charge in [-0.05, 0) is 45.5 Å². The predicted molar refractivity (Wildman–Crippen MR) is 92.4 cm³/mol. The molecule has 2 rings (SSSR count). The first-order valence-electron chi connectivity index (χ1n) is 8.24. The lowest BCUT2D eigenvalue weighted by molar-refractivity contribution is -0.119. The van der Waals surface area contributed by atoms with Gasteiger partial charge in [-0.1, -0.05) is 6.92 Å². The second kappa shape index (κ2) is 7.68. The summed E-state index contributed by atoms with van der Waals surface area (Å²) in [5.74, 6) is 1.48. The number of benzene rings is 1. The van der Waals surface area contributed by atoms with Crippen LogP contribution in [-0.2, 0) is 4.79 Å². The lowest BCUT2D eigenvalue weighted by atomic mass is 10.1. The molecule has 23 heavy (non-hydrogen) atoms. The maximum Gasteiger partial charge on any atom is 0.227 e. The summed E-state index contributed by atoms with van der Waals surface area (Å²) in [7, 11) is 7.41. The number of amides is 1. The van der Waals surface area contributed by atoms with E-state index < -0.39 is 0 Å². The van der Waals surface area contributed by atoms with Gasteiger partial charge in [-0.2, -0.15) is 0 Å². The van der Waals surface area contributed by atoms with Gasteiger partial charge in [0.2, 0.25) is 5.91 Å². The summed E-state index contributed by atoms with van der Waals surface area (Å²) < 4.78 is 10.7. The van der Waals surface area contributed by atoms with E-state index in [0.717, 1.165) is 24.9 Å². The molecular weight excluding hydrogens is 292 g/mol. The summed E-state index contributed by atoms with van der Waals surface area (Å²) in [5.41, 5.74) is 0.883. The topological polar surface area (TPSA) is 42.0 Å². The highest BCUT2D eigenvalue weighted by Crippen LogP contribution is 2.36. The minimum atomic E-state index is 0.149. The molecule has 1 amide bonds. The average Bonchev–Trinajstić information content (AvgIpc) is 3.04. The number of rotatable bonds is 6. The molecule has 2 atom stereocenters. The van der Waals surface area contributed by atoms with Gasteiger partial charge in [0, 0.05) is 24.2 Å². The van der Waals surface area contributed by atoms with Crippen LogP contribution in [0.1, 0.15) is 32.6 Å². The van der Waals surface area contributed by atoms with E-state index in [2.05, 4.69) is 19.0 Å². The highest BCUT2D eigenvalue weighted by molar-refractivity contribution is 5.94. The van der Waals surface area contributed by atoms with Crippen LogP contribution in [0.25, 0.3) is 0 Å². The molecule has 5 nitrogen and oxygen atoms in total. The molecule has 1 aromatic rings. The number of likely N-dealkylation sites (N-methyl/N-ethyl adjacent to an activating group) is 1. The van der Waals surface area contributed by atoms with E-state index in [1.165, 1.54) is 0 Å². The monoisotopic (exact) mass is 320 g/mol. The van der Waals surface area contributed by atoms with E-state index in [0.29, 0.717) is 24.0 Å². The number of nitrogens with zero attached hydrogens (tertiary/aromatic N) is 2. The normalized spacial score (nSPS) is 20.6. The highest BCUT2D eigenvalue weighted by Gasteiger charge is 2.36. The van der Waals surface area contributed by atoms with E-state index in [1.54, 1.807) is 14.2 Å². The van der Waals surface area contributed by atoms with Crippen molar-refractivity contribution in [1.82, 2.24) is 4.90 Å². The largest absolute Gasteiger partial charge is 0.493 e. The van der Waals surface area contributed by atoms with Gasteiger partial charge in [0.15, 0.2) is 11.5 Å². The van der Waals surface area contributed by atoms with Crippen molar-refractivity contribution in [3.63, 3.8) is 0 Å². The molecule has 5 heteroatoms. The number of hydrogen-bond donors (Lipinski definition) is 0. The molecule has 0 spiro atoms. The number of carbonyl (C=O) groups excluding carboxylic acids is 1. The molecule has 0 heterocycles. The van der Waals surface area contributed by atoms with Gasteiger partial charge in [-0.3, -0.25) is 4.79 Å². The third-order valence-electron chi connectivity index (χ3n) is 4.66. The average molecular weight is 320 g/mol. The standard InChI is InChI=1S/C18H28N2O3/c1-6-18(21)20(15-9-7-8-14(15)19(2)3)13-10-11-16(22-4)17(12-13)23-5/h10-12,14-15H,6-9H2,1-5H3. The summed E-state index contributed by atoms with van der Waals surface area (Å²) in [6.07, 6.45) is 3.79. The molecule has 1 aromatic carbocycles. The summed E-state index contributed by atoms with van der Waals surface area (Å²) in [6, 6.07) is 6.30. The van der Waals surface area contributed by atoms with Crippen molar-refractivity contribution in [2.75, 3.05) is 33.2 Å². The smallest absolute Gasteiger partial charge is 0.227 e. The highest BCUT2D eigenvalue weighted by atomic mass is 16.5. The van der Waals surface area contributed by atoms with Crippen molar-refractivity contribution in [2.45, 2.75) is 44.7 Å². The van der Waals surface area contributed by atoms with Crippen molar-refractivity contribution < 1.29 is 14.3 Å². The molecule has 128 valence electrons. The number of ether oxygens (including phenoxy) is 2. The zero-order chi connectivity index (χ0) is 17.0. The lowest BCUT2D eigenvalue weighted by Crippen LogP contribution is -2.49. The van der Waals surface area contributed by atoms with Gasteiger partial charge in [0.1, 0.15) is 0 Å². The Morgan fingerprint density at radius 1 is 1.13 bits per heavy atom. The fourth-order valence-corrected chi connectivity index (χ4v) is 3.49. The van der Waals surface area contributed by atoms with Gasteiger partial charge >= 0.3 is 0 Å². The fraction of sp³-hybridized carbons (Fsp3) is 0.611. The fourth-order valence-electron chi connectivity index (χ4n) is 3.49. The number of methoxy groups -OCH3 is 2. The van der Waals surface area contributed by atoms with Gasteiger partial charge in [-0.25, -0.2) is 0 Å². The Hall–Kier alpha value is -1.75. The minimum Gasteiger partial charge on any atom is -0.493 e. The zero-order valence-electron chi connectivity index (χ0n) is 14.8. The van der Waals surface area contributed by atoms with Crippen LogP contribution in [-0.4, -0.2) is 51.2 Å². The lowest BCUT2D eigenvalue weighted by Gasteiger charge is -2.36. The SMILES string of the molecule is CCC(=O)N(c1ccc(OC)c(OC)c1)C1CCCC1N(C)C. The molecule has 0 aliphatic heterocycles. The maximum atomic E-state index is 12.7. The van der Waals surface area contributed by atoms with E-state index >= 15 is 0 Å². The van der Waals surface area contributed by atoms with E-state index in [4.69, 9.17) is 9.47 Å². The van der Waals surface area contributed by atoms with Gasteiger partial charge in [0.05, 0.1) is 20.3 Å². The minimum absolute atomic E-state index is 0.149.